The molecule has 0 amide bonds. The van der Waals surface area contributed by atoms with Crippen LogP contribution in [0, 0.1) is 0 Å². The summed E-state index contributed by atoms with van der Waals surface area (Å²) < 4.78 is 2.26. The topological polar surface area (TPSA) is 25.2 Å². The summed E-state index contributed by atoms with van der Waals surface area (Å²) in [6.45, 7) is 11.4. The molecule has 3 heteroatoms. The van der Waals surface area contributed by atoms with Crippen LogP contribution >= 0.6 is 11.6 Å². The van der Waals surface area contributed by atoms with Gasteiger partial charge in [-0.05, 0) is 46.4 Å². The lowest BCUT2D eigenvalue weighted by Crippen LogP contribution is -2.15. The van der Waals surface area contributed by atoms with Crippen molar-refractivity contribution >= 4 is 22.5 Å². The molecule has 0 saturated carbocycles. The number of aromatic hydroxyl groups is 1. The van der Waals surface area contributed by atoms with E-state index in [2.05, 4.69) is 81.7 Å². The molecule has 0 bridgehead atoms. The van der Waals surface area contributed by atoms with Crippen LogP contribution in [0.15, 0.2) is 60.7 Å². The first-order chi connectivity index (χ1) is 14.1. The number of phenols is 1. The minimum absolute atomic E-state index is 0.0626. The second-order valence-electron chi connectivity index (χ2n) is 9.88. The number of nitrogens with zero attached hydrogens (tertiary/aromatic N) is 1. The van der Waals surface area contributed by atoms with Crippen molar-refractivity contribution < 1.29 is 5.11 Å². The summed E-state index contributed by atoms with van der Waals surface area (Å²) in [5.41, 5.74) is 8.38. The molecule has 0 aliphatic heterocycles. The molecule has 1 N–H and O–H groups in total. The summed E-state index contributed by atoms with van der Waals surface area (Å²) in [7, 11) is 0. The number of hydrogen-bond donors (Lipinski definition) is 1. The third-order valence-electron chi connectivity index (χ3n) is 6.44. The molecule has 0 unspecified atom stereocenters. The number of hydrogen-bond acceptors (Lipinski definition) is 1. The standard InChI is InChI=1S/C27H26ClNO/c1-26(2,3)16-10-11-23-21(12-16)24-25(20-8-6-7-9-22(20)27(24,4)5)29(23)18-13-17(28)14-19(30)15-18/h6-15,30H,1-5H3. The second-order valence-corrected chi connectivity index (χ2v) is 10.3. The monoisotopic (exact) mass is 415 g/mol. The molecular formula is C27H26ClNO. The van der Waals surface area contributed by atoms with Crippen molar-refractivity contribution in [3.05, 3.63) is 82.4 Å². The van der Waals surface area contributed by atoms with Gasteiger partial charge in [-0.2, -0.15) is 0 Å². The molecule has 3 aromatic carbocycles. The molecular weight excluding hydrogens is 390 g/mol. The van der Waals surface area contributed by atoms with Crippen LogP contribution in [0.1, 0.15) is 51.3 Å². The van der Waals surface area contributed by atoms with E-state index in [9.17, 15) is 5.11 Å². The van der Waals surface area contributed by atoms with Gasteiger partial charge in [0.1, 0.15) is 5.75 Å². The molecule has 1 aliphatic carbocycles. The van der Waals surface area contributed by atoms with E-state index in [0.717, 1.165) is 11.2 Å². The summed E-state index contributed by atoms with van der Waals surface area (Å²) in [6.07, 6.45) is 0. The molecule has 30 heavy (non-hydrogen) atoms. The number of halogens is 1. The molecule has 1 heterocycles. The third kappa shape index (κ3) is 2.63. The minimum Gasteiger partial charge on any atom is -0.508 e. The fourth-order valence-corrected chi connectivity index (χ4v) is 5.19. The lowest BCUT2D eigenvalue weighted by Gasteiger charge is -2.23. The Labute approximate surface area is 182 Å². The Morgan fingerprint density at radius 3 is 2.37 bits per heavy atom. The zero-order chi connectivity index (χ0) is 21.4. The van der Waals surface area contributed by atoms with Gasteiger partial charge in [0, 0.05) is 27.5 Å². The lowest BCUT2D eigenvalue weighted by atomic mass is 9.80. The fraction of sp³-hybridized carbons (Fsp3) is 0.259. The van der Waals surface area contributed by atoms with Crippen LogP contribution in [0.2, 0.25) is 5.02 Å². The van der Waals surface area contributed by atoms with E-state index in [1.54, 1.807) is 12.1 Å². The quantitative estimate of drug-likeness (QED) is 0.340. The van der Waals surface area contributed by atoms with Gasteiger partial charge in [-0.1, -0.05) is 76.6 Å². The smallest absolute Gasteiger partial charge is 0.119 e. The van der Waals surface area contributed by atoms with Gasteiger partial charge in [0.25, 0.3) is 0 Å². The van der Waals surface area contributed by atoms with Crippen molar-refractivity contribution in [1.29, 1.82) is 0 Å². The molecule has 1 aromatic heterocycles. The van der Waals surface area contributed by atoms with Gasteiger partial charge in [-0.15, -0.1) is 0 Å². The van der Waals surface area contributed by atoms with Crippen LogP contribution in [-0.2, 0) is 10.8 Å². The normalized spacial score (nSPS) is 14.7. The lowest BCUT2D eigenvalue weighted by molar-refractivity contribution is 0.475. The van der Waals surface area contributed by atoms with E-state index in [-0.39, 0.29) is 16.6 Å². The Balaban J connectivity index is 1.97. The van der Waals surface area contributed by atoms with Gasteiger partial charge >= 0.3 is 0 Å². The third-order valence-corrected chi connectivity index (χ3v) is 6.66. The fourth-order valence-electron chi connectivity index (χ4n) is 4.97. The number of aromatic nitrogens is 1. The zero-order valence-electron chi connectivity index (χ0n) is 18.0. The van der Waals surface area contributed by atoms with E-state index in [0.29, 0.717) is 5.02 Å². The number of phenolic OH excluding ortho intramolecular Hbond substituents is 1. The summed E-state index contributed by atoms with van der Waals surface area (Å²) in [6, 6.07) is 20.7. The molecule has 0 radical (unpaired) electrons. The van der Waals surface area contributed by atoms with Gasteiger partial charge in [-0.3, -0.25) is 0 Å². The Kier molecular flexibility index (Phi) is 3.95. The van der Waals surface area contributed by atoms with E-state index < -0.39 is 0 Å². The molecule has 2 nitrogen and oxygen atoms in total. The van der Waals surface area contributed by atoms with Crippen LogP contribution in [0.5, 0.6) is 5.75 Å². The van der Waals surface area contributed by atoms with Crippen molar-refractivity contribution in [2.45, 2.75) is 45.4 Å². The molecule has 5 rings (SSSR count). The number of rotatable bonds is 1. The van der Waals surface area contributed by atoms with E-state index in [4.69, 9.17) is 11.6 Å². The summed E-state index contributed by atoms with van der Waals surface area (Å²) in [5.74, 6) is 0.171. The van der Waals surface area contributed by atoms with Crippen molar-refractivity contribution in [2.24, 2.45) is 0 Å². The molecule has 4 aromatic rings. The van der Waals surface area contributed by atoms with Crippen molar-refractivity contribution in [1.82, 2.24) is 4.57 Å². The predicted octanol–water partition coefficient (Wildman–Crippen LogP) is 7.59. The van der Waals surface area contributed by atoms with Gasteiger partial charge in [0.15, 0.2) is 0 Å². The highest BCUT2D eigenvalue weighted by atomic mass is 35.5. The maximum atomic E-state index is 10.3. The van der Waals surface area contributed by atoms with Crippen molar-refractivity contribution in [3.63, 3.8) is 0 Å². The summed E-state index contributed by atoms with van der Waals surface area (Å²) >= 11 is 6.34. The van der Waals surface area contributed by atoms with Gasteiger partial charge in [0.05, 0.1) is 16.9 Å². The first-order valence-electron chi connectivity index (χ1n) is 10.4. The van der Waals surface area contributed by atoms with Crippen LogP contribution in [0.25, 0.3) is 27.8 Å². The predicted molar refractivity (Wildman–Crippen MR) is 126 cm³/mol. The maximum absolute atomic E-state index is 10.3. The Bertz CT molecular complexity index is 1300. The highest BCUT2D eigenvalue weighted by molar-refractivity contribution is 6.31. The maximum Gasteiger partial charge on any atom is 0.119 e. The minimum atomic E-state index is -0.118. The zero-order valence-corrected chi connectivity index (χ0v) is 18.8. The highest BCUT2D eigenvalue weighted by Crippen LogP contribution is 2.54. The van der Waals surface area contributed by atoms with Crippen molar-refractivity contribution in [3.8, 4) is 22.7 Å². The first kappa shape index (κ1) is 19.3. The number of benzene rings is 3. The second kappa shape index (κ2) is 6.15. The molecule has 152 valence electrons. The van der Waals surface area contributed by atoms with Crippen molar-refractivity contribution in [2.75, 3.05) is 0 Å². The van der Waals surface area contributed by atoms with E-state index in [1.807, 2.05) is 6.07 Å². The Hall–Kier alpha value is -2.71. The first-order valence-corrected chi connectivity index (χ1v) is 10.8. The van der Waals surface area contributed by atoms with Crippen LogP contribution in [-0.4, -0.2) is 9.67 Å². The molecule has 1 aliphatic rings. The van der Waals surface area contributed by atoms with Gasteiger partial charge in [-0.25, -0.2) is 0 Å². The number of fused-ring (bicyclic) bond motifs is 5. The SMILES string of the molecule is CC(C)(C)c1ccc2c(c1)c1c(n2-c2cc(O)cc(Cl)c2)-c2ccccc2C1(C)C. The molecule has 0 fully saturated rings. The Morgan fingerprint density at radius 1 is 0.933 bits per heavy atom. The van der Waals surface area contributed by atoms with Crippen LogP contribution < -0.4 is 0 Å². The van der Waals surface area contributed by atoms with Crippen LogP contribution in [0.3, 0.4) is 0 Å². The highest BCUT2D eigenvalue weighted by Gasteiger charge is 2.40. The molecule has 0 saturated heterocycles. The van der Waals surface area contributed by atoms with Gasteiger partial charge < -0.3 is 9.67 Å². The van der Waals surface area contributed by atoms with Gasteiger partial charge in [0.2, 0.25) is 0 Å². The molecule has 0 atom stereocenters. The molecule has 0 spiro atoms. The average molecular weight is 416 g/mol. The van der Waals surface area contributed by atoms with E-state index >= 15 is 0 Å². The summed E-state index contributed by atoms with van der Waals surface area (Å²) in [5, 5.41) is 12.1. The Morgan fingerprint density at radius 2 is 1.67 bits per heavy atom. The van der Waals surface area contributed by atoms with E-state index in [1.165, 1.54) is 33.3 Å². The largest absolute Gasteiger partial charge is 0.508 e. The average Bonchev–Trinajstić information content (AvgIpc) is 3.12. The summed E-state index contributed by atoms with van der Waals surface area (Å²) in [4.78, 5) is 0. The van der Waals surface area contributed by atoms with Crippen LogP contribution in [0.4, 0.5) is 0 Å².